The van der Waals surface area contributed by atoms with Crippen molar-refractivity contribution >= 4 is 5.65 Å². The summed E-state index contributed by atoms with van der Waals surface area (Å²) in [5.74, 6) is 0.522. The van der Waals surface area contributed by atoms with Crippen LogP contribution in [0.25, 0.3) is 17.2 Å². The molecular formula is C12H7N5. The second-order valence-electron chi connectivity index (χ2n) is 3.45. The molecule has 3 rings (SSSR count). The number of rotatable bonds is 1. The van der Waals surface area contributed by atoms with Gasteiger partial charge in [0.2, 0.25) is 5.82 Å². The molecular weight excluding hydrogens is 214 g/mol. The maximum Gasteiger partial charge on any atom is 0.200 e. The van der Waals surface area contributed by atoms with Crippen LogP contribution in [0, 0.1) is 11.3 Å². The van der Waals surface area contributed by atoms with Gasteiger partial charge in [-0.3, -0.25) is 4.98 Å². The summed E-state index contributed by atoms with van der Waals surface area (Å²) in [5.41, 5.74) is 1.75. The van der Waals surface area contributed by atoms with E-state index in [2.05, 4.69) is 21.1 Å². The summed E-state index contributed by atoms with van der Waals surface area (Å²) in [4.78, 5) is 8.50. The van der Waals surface area contributed by atoms with E-state index < -0.39 is 0 Å². The van der Waals surface area contributed by atoms with Gasteiger partial charge in [0, 0.05) is 12.4 Å². The molecule has 17 heavy (non-hydrogen) atoms. The Morgan fingerprint density at radius 1 is 1.18 bits per heavy atom. The predicted molar refractivity (Wildman–Crippen MR) is 60.9 cm³/mol. The highest BCUT2D eigenvalue weighted by atomic mass is 15.3. The van der Waals surface area contributed by atoms with E-state index in [1.54, 1.807) is 29.0 Å². The van der Waals surface area contributed by atoms with Gasteiger partial charge in [0.15, 0.2) is 5.65 Å². The minimum absolute atomic E-state index is 0.502. The molecule has 0 aliphatic heterocycles. The zero-order chi connectivity index (χ0) is 11.7. The summed E-state index contributed by atoms with van der Waals surface area (Å²) < 4.78 is 1.59. The molecule has 0 aromatic carbocycles. The van der Waals surface area contributed by atoms with E-state index in [1.165, 1.54) is 0 Å². The van der Waals surface area contributed by atoms with Crippen LogP contribution in [0.1, 0.15) is 5.56 Å². The number of nitrogens with zero attached hydrogens (tertiary/aromatic N) is 5. The van der Waals surface area contributed by atoms with Crippen LogP contribution in [0.3, 0.4) is 0 Å². The van der Waals surface area contributed by atoms with Crippen molar-refractivity contribution in [2.24, 2.45) is 0 Å². The standard InChI is InChI=1S/C12H7N5/c13-8-9-4-3-7-17-12(9)15-11(16-17)10-5-1-2-6-14-10/h1-7H. The van der Waals surface area contributed by atoms with Crippen molar-refractivity contribution in [3.8, 4) is 17.6 Å². The molecule has 0 atom stereocenters. The molecule has 0 N–H and O–H groups in total. The van der Waals surface area contributed by atoms with Gasteiger partial charge >= 0.3 is 0 Å². The highest BCUT2D eigenvalue weighted by Gasteiger charge is 2.09. The Hall–Kier alpha value is -2.74. The van der Waals surface area contributed by atoms with Crippen molar-refractivity contribution in [1.82, 2.24) is 19.6 Å². The number of aromatic nitrogens is 4. The van der Waals surface area contributed by atoms with E-state index in [4.69, 9.17) is 5.26 Å². The molecule has 0 fully saturated rings. The van der Waals surface area contributed by atoms with Gasteiger partial charge in [0.05, 0.1) is 5.56 Å². The molecule has 0 spiro atoms. The molecule has 0 radical (unpaired) electrons. The van der Waals surface area contributed by atoms with Crippen molar-refractivity contribution in [3.63, 3.8) is 0 Å². The fraction of sp³-hybridized carbons (Fsp3) is 0. The average Bonchev–Trinajstić information content (AvgIpc) is 2.83. The Morgan fingerprint density at radius 3 is 2.88 bits per heavy atom. The summed E-state index contributed by atoms with van der Waals surface area (Å²) in [6.45, 7) is 0. The summed E-state index contributed by atoms with van der Waals surface area (Å²) in [6, 6.07) is 11.1. The van der Waals surface area contributed by atoms with E-state index in [0.717, 1.165) is 0 Å². The van der Waals surface area contributed by atoms with Crippen molar-refractivity contribution in [3.05, 3.63) is 48.3 Å². The van der Waals surface area contributed by atoms with E-state index >= 15 is 0 Å². The predicted octanol–water partition coefficient (Wildman–Crippen LogP) is 1.66. The molecule has 0 saturated carbocycles. The topological polar surface area (TPSA) is 66.9 Å². The first-order valence-corrected chi connectivity index (χ1v) is 5.05. The Morgan fingerprint density at radius 2 is 2.12 bits per heavy atom. The number of hydrogen-bond donors (Lipinski definition) is 0. The summed E-state index contributed by atoms with van der Waals surface area (Å²) in [6.07, 6.45) is 3.45. The third kappa shape index (κ3) is 1.52. The molecule has 5 nitrogen and oxygen atoms in total. The lowest BCUT2D eigenvalue weighted by Crippen LogP contribution is -1.88. The van der Waals surface area contributed by atoms with Crippen LogP contribution in [0.5, 0.6) is 0 Å². The van der Waals surface area contributed by atoms with Crippen LogP contribution >= 0.6 is 0 Å². The quantitative estimate of drug-likeness (QED) is 0.626. The zero-order valence-corrected chi connectivity index (χ0v) is 8.78. The van der Waals surface area contributed by atoms with Crippen molar-refractivity contribution < 1.29 is 0 Å². The fourth-order valence-electron chi connectivity index (χ4n) is 1.60. The van der Waals surface area contributed by atoms with Crippen LogP contribution in [0.4, 0.5) is 0 Å². The molecule has 0 unspecified atom stereocenters. The van der Waals surface area contributed by atoms with Crippen LogP contribution in [-0.2, 0) is 0 Å². The lowest BCUT2D eigenvalue weighted by atomic mass is 10.3. The van der Waals surface area contributed by atoms with Crippen molar-refractivity contribution in [1.29, 1.82) is 5.26 Å². The van der Waals surface area contributed by atoms with Crippen molar-refractivity contribution in [2.75, 3.05) is 0 Å². The Bertz CT molecular complexity index is 709. The van der Waals surface area contributed by atoms with Crippen LogP contribution in [-0.4, -0.2) is 19.6 Å². The molecule has 80 valence electrons. The minimum atomic E-state index is 0.502. The summed E-state index contributed by atoms with van der Waals surface area (Å²) in [5, 5.41) is 13.3. The van der Waals surface area contributed by atoms with Gasteiger partial charge in [-0.1, -0.05) is 6.07 Å². The van der Waals surface area contributed by atoms with Gasteiger partial charge in [-0.25, -0.2) is 9.50 Å². The molecule has 0 bridgehead atoms. The fourth-order valence-corrected chi connectivity index (χ4v) is 1.60. The average molecular weight is 221 g/mol. The molecule has 0 aliphatic carbocycles. The first kappa shape index (κ1) is 9.48. The number of pyridine rings is 2. The first-order valence-electron chi connectivity index (χ1n) is 5.05. The first-order chi connectivity index (χ1) is 8.38. The van der Waals surface area contributed by atoms with E-state index in [1.807, 2.05) is 18.2 Å². The van der Waals surface area contributed by atoms with Gasteiger partial charge < -0.3 is 0 Å². The number of fused-ring (bicyclic) bond motifs is 1. The molecule has 3 aromatic heterocycles. The normalized spacial score (nSPS) is 10.3. The molecule has 3 aromatic rings. The maximum atomic E-state index is 8.97. The lowest BCUT2D eigenvalue weighted by Gasteiger charge is -1.90. The molecule has 5 heteroatoms. The Balaban J connectivity index is 2.25. The van der Waals surface area contributed by atoms with Gasteiger partial charge in [-0.05, 0) is 24.3 Å². The summed E-state index contributed by atoms with van der Waals surface area (Å²) >= 11 is 0. The molecule has 0 saturated heterocycles. The Labute approximate surface area is 97.0 Å². The van der Waals surface area contributed by atoms with Crippen LogP contribution in [0.2, 0.25) is 0 Å². The minimum Gasteiger partial charge on any atom is -0.253 e. The third-order valence-electron chi connectivity index (χ3n) is 2.38. The Kier molecular flexibility index (Phi) is 2.06. The van der Waals surface area contributed by atoms with Gasteiger partial charge in [0.25, 0.3) is 0 Å². The van der Waals surface area contributed by atoms with Crippen LogP contribution in [0.15, 0.2) is 42.7 Å². The number of hydrogen-bond acceptors (Lipinski definition) is 4. The van der Waals surface area contributed by atoms with Gasteiger partial charge in [0.1, 0.15) is 11.8 Å². The third-order valence-corrected chi connectivity index (χ3v) is 2.38. The van der Waals surface area contributed by atoms with Crippen LogP contribution < -0.4 is 0 Å². The highest BCUT2D eigenvalue weighted by Crippen LogP contribution is 2.14. The smallest absolute Gasteiger partial charge is 0.200 e. The van der Waals surface area contributed by atoms with Gasteiger partial charge in [-0.2, -0.15) is 5.26 Å². The maximum absolute atomic E-state index is 8.97. The van der Waals surface area contributed by atoms with E-state index in [0.29, 0.717) is 22.7 Å². The molecule has 3 heterocycles. The highest BCUT2D eigenvalue weighted by molar-refractivity contribution is 5.59. The monoisotopic (exact) mass is 221 g/mol. The molecule has 0 aliphatic rings. The zero-order valence-electron chi connectivity index (χ0n) is 8.78. The lowest BCUT2D eigenvalue weighted by molar-refractivity contribution is 0.960. The SMILES string of the molecule is N#Cc1cccn2nc(-c3ccccn3)nc12. The largest absolute Gasteiger partial charge is 0.253 e. The molecule has 0 amide bonds. The van der Waals surface area contributed by atoms with Crippen molar-refractivity contribution in [2.45, 2.75) is 0 Å². The van der Waals surface area contributed by atoms with E-state index in [-0.39, 0.29) is 0 Å². The summed E-state index contributed by atoms with van der Waals surface area (Å²) in [7, 11) is 0. The van der Waals surface area contributed by atoms with E-state index in [9.17, 15) is 0 Å². The van der Waals surface area contributed by atoms with Gasteiger partial charge in [-0.15, -0.1) is 5.10 Å². The second-order valence-corrected chi connectivity index (χ2v) is 3.45. The number of nitriles is 1. The second kappa shape index (κ2) is 3.68.